The summed E-state index contributed by atoms with van der Waals surface area (Å²) in [4.78, 5) is 11.6. The largest absolute Gasteiger partial charge is 0.454 e. The summed E-state index contributed by atoms with van der Waals surface area (Å²) < 4.78 is 16.7. The van der Waals surface area contributed by atoms with Gasteiger partial charge in [0.05, 0.1) is 18.6 Å². The van der Waals surface area contributed by atoms with E-state index in [1.807, 2.05) is 18.2 Å². The summed E-state index contributed by atoms with van der Waals surface area (Å²) in [6.07, 6.45) is 9.94. The molecule has 0 aromatic heterocycles. The Labute approximate surface area is 137 Å². The second-order valence-electron chi connectivity index (χ2n) is 6.17. The van der Waals surface area contributed by atoms with E-state index >= 15 is 0 Å². The van der Waals surface area contributed by atoms with E-state index in [-0.39, 0.29) is 24.7 Å². The summed E-state index contributed by atoms with van der Waals surface area (Å²) >= 11 is 0. The maximum atomic E-state index is 11.6. The Hall–Kier alpha value is -1.81. The molecule has 0 aliphatic carbocycles. The Kier molecular flexibility index (Phi) is 5.34. The number of carbonyl (C=O) groups is 1. The molecule has 2 aliphatic heterocycles. The molecule has 2 aliphatic rings. The van der Waals surface area contributed by atoms with Crippen LogP contribution in [0.15, 0.2) is 30.4 Å². The number of fused-ring (bicyclic) bond motifs is 1. The standard InChI is InChI=1S/C19H24O4/c1-2-3-4-5-6-7-15-12-21-19(16(15)11-20)14-8-9-17-18(10-14)23-13-22-17/h6-11,15-16,19H,2-5,12-13H2,1H3/b7-6+/t15-,16+,19+/m0/s1. The zero-order valence-electron chi connectivity index (χ0n) is 13.6. The minimum atomic E-state index is -0.202. The zero-order chi connectivity index (χ0) is 16.1. The summed E-state index contributed by atoms with van der Waals surface area (Å²) in [7, 11) is 0. The molecule has 0 radical (unpaired) electrons. The molecule has 4 nitrogen and oxygen atoms in total. The van der Waals surface area contributed by atoms with Crippen molar-refractivity contribution in [3.8, 4) is 11.5 Å². The van der Waals surface area contributed by atoms with Crippen LogP contribution in [-0.2, 0) is 9.53 Å². The number of aldehydes is 1. The monoisotopic (exact) mass is 316 g/mol. The lowest BCUT2D eigenvalue weighted by atomic mass is 9.88. The molecule has 124 valence electrons. The normalized spacial score (nSPS) is 26.0. The highest BCUT2D eigenvalue weighted by molar-refractivity contribution is 5.58. The van der Waals surface area contributed by atoms with Gasteiger partial charge in [-0.15, -0.1) is 0 Å². The minimum absolute atomic E-state index is 0.141. The molecule has 3 atom stereocenters. The Balaban J connectivity index is 1.66. The van der Waals surface area contributed by atoms with Crippen LogP contribution in [0.1, 0.15) is 44.3 Å². The lowest BCUT2D eigenvalue weighted by molar-refractivity contribution is -0.113. The van der Waals surface area contributed by atoms with Gasteiger partial charge in [0.15, 0.2) is 11.5 Å². The van der Waals surface area contributed by atoms with Gasteiger partial charge in [-0.1, -0.05) is 38.0 Å². The van der Waals surface area contributed by atoms with E-state index in [9.17, 15) is 4.79 Å². The van der Waals surface area contributed by atoms with Gasteiger partial charge in [0.25, 0.3) is 0 Å². The number of rotatable bonds is 7. The van der Waals surface area contributed by atoms with Crippen molar-refractivity contribution >= 4 is 6.29 Å². The molecule has 2 heterocycles. The van der Waals surface area contributed by atoms with Crippen LogP contribution in [-0.4, -0.2) is 19.7 Å². The third-order valence-electron chi connectivity index (χ3n) is 4.55. The van der Waals surface area contributed by atoms with Crippen molar-refractivity contribution in [2.24, 2.45) is 11.8 Å². The second-order valence-corrected chi connectivity index (χ2v) is 6.17. The van der Waals surface area contributed by atoms with E-state index in [1.54, 1.807) is 0 Å². The van der Waals surface area contributed by atoms with Crippen molar-refractivity contribution in [1.29, 1.82) is 0 Å². The molecule has 0 N–H and O–H groups in total. The summed E-state index contributed by atoms with van der Waals surface area (Å²) in [6.45, 7) is 3.05. The van der Waals surface area contributed by atoms with Crippen molar-refractivity contribution < 1.29 is 19.0 Å². The first kappa shape index (κ1) is 16.1. The predicted molar refractivity (Wildman–Crippen MR) is 87.6 cm³/mol. The molecule has 0 spiro atoms. The van der Waals surface area contributed by atoms with Gasteiger partial charge in [-0.25, -0.2) is 0 Å². The van der Waals surface area contributed by atoms with Gasteiger partial charge >= 0.3 is 0 Å². The number of ether oxygens (including phenoxy) is 3. The number of hydrogen-bond acceptors (Lipinski definition) is 4. The van der Waals surface area contributed by atoms with Gasteiger partial charge in [0.2, 0.25) is 6.79 Å². The van der Waals surface area contributed by atoms with Gasteiger partial charge in [0, 0.05) is 5.92 Å². The molecule has 23 heavy (non-hydrogen) atoms. The molecule has 0 amide bonds. The highest BCUT2D eigenvalue weighted by atomic mass is 16.7. The first-order chi connectivity index (χ1) is 11.3. The smallest absolute Gasteiger partial charge is 0.231 e. The Morgan fingerprint density at radius 1 is 1.22 bits per heavy atom. The third kappa shape index (κ3) is 3.58. The van der Waals surface area contributed by atoms with Crippen LogP contribution < -0.4 is 9.47 Å². The highest BCUT2D eigenvalue weighted by Gasteiger charge is 2.37. The van der Waals surface area contributed by atoms with Gasteiger partial charge in [-0.2, -0.15) is 0 Å². The summed E-state index contributed by atoms with van der Waals surface area (Å²) in [5.74, 6) is 1.50. The lowest BCUT2D eigenvalue weighted by Gasteiger charge is -2.16. The second kappa shape index (κ2) is 7.64. The Bertz CT molecular complexity index is 566. The molecule has 0 saturated carbocycles. The van der Waals surface area contributed by atoms with E-state index in [0.717, 1.165) is 29.8 Å². The topological polar surface area (TPSA) is 44.8 Å². The summed E-state index contributed by atoms with van der Waals surface area (Å²) in [5.41, 5.74) is 0.980. The van der Waals surface area contributed by atoms with E-state index in [0.29, 0.717) is 6.61 Å². The number of carbonyl (C=O) groups excluding carboxylic acids is 1. The average molecular weight is 316 g/mol. The molecule has 1 aromatic rings. The van der Waals surface area contributed by atoms with Gasteiger partial charge in [-0.05, 0) is 30.5 Å². The van der Waals surface area contributed by atoms with Crippen molar-refractivity contribution in [2.45, 2.75) is 38.7 Å². The fourth-order valence-electron chi connectivity index (χ4n) is 3.21. The van der Waals surface area contributed by atoms with E-state index < -0.39 is 0 Å². The first-order valence-corrected chi connectivity index (χ1v) is 8.46. The zero-order valence-corrected chi connectivity index (χ0v) is 13.6. The predicted octanol–water partition coefficient (Wildman–Crippen LogP) is 4.05. The third-order valence-corrected chi connectivity index (χ3v) is 4.55. The molecule has 0 unspecified atom stereocenters. The van der Waals surface area contributed by atoms with Crippen molar-refractivity contribution in [1.82, 2.24) is 0 Å². The van der Waals surface area contributed by atoms with Gasteiger partial charge in [-0.3, -0.25) is 0 Å². The Morgan fingerprint density at radius 2 is 2.09 bits per heavy atom. The fourth-order valence-corrected chi connectivity index (χ4v) is 3.21. The molecule has 4 heteroatoms. The molecule has 1 fully saturated rings. The highest BCUT2D eigenvalue weighted by Crippen LogP contribution is 2.41. The van der Waals surface area contributed by atoms with Crippen LogP contribution in [0, 0.1) is 11.8 Å². The van der Waals surface area contributed by atoms with Crippen molar-refractivity contribution in [3.05, 3.63) is 35.9 Å². The fraction of sp³-hybridized carbons (Fsp3) is 0.526. The maximum absolute atomic E-state index is 11.6. The van der Waals surface area contributed by atoms with Crippen molar-refractivity contribution in [2.75, 3.05) is 13.4 Å². The van der Waals surface area contributed by atoms with Crippen molar-refractivity contribution in [3.63, 3.8) is 0 Å². The first-order valence-electron chi connectivity index (χ1n) is 8.46. The summed E-state index contributed by atoms with van der Waals surface area (Å²) in [5, 5.41) is 0. The van der Waals surface area contributed by atoms with Crippen LogP contribution in [0.5, 0.6) is 11.5 Å². The lowest BCUT2D eigenvalue weighted by Crippen LogP contribution is -2.15. The average Bonchev–Trinajstić information content (AvgIpc) is 3.20. The van der Waals surface area contributed by atoms with Gasteiger partial charge < -0.3 is 19.0 Å². The Morgan fingerprint density at radius 3 is 2.91 bits per heavy atom. The number of unbranched alkanes of at least 4 members (excludes halogenated alkanes) is 3. The number of hydrogen-bond donors (Lipinski definition) is 0. The number of benzene rings is 1. The van der Waals surface area contributed by atoms with E-state index in [4.69, 9.17) is 14.2 Å². The minimum Gasteiger partial charge on any atom is -0.454 e. The molecule has 3 rings (SSSR count). The molecule has 1 saturated heterocycles. The SMILES string of the molecule is CCCCC/C=C/[C@H]1CO[C@H](c2ccc3c(c2)OCO3)[C@@H]1C=O. The maximum Gasteiger partial charge on any atom is 0.231 e. The van der Waals surface area contributed by atoms with E-state index in [1.165, 1.54) is 19.3 Å². The van der Waals surface area contributed by atoms with Gasteiger partial charge in [0.1, 0.15) is 6.29 Å². The summed E-state index contributed by atoms with van der Waals surface area (Å²) in [6, 6.07) is 5.77. The van der Waals surface area contributed by atoms with Crippen LogP contribution in [0.4, 0.5) is 0 Å². The van der Waals surface area contributed by atoms with E-state index in [2.05, 4.69) is 19.1 Å². The van der Waals surface area contributed by atoms with Crippen LogP contribution in [0.25, 0.3) is 0 Å². The molecule has 0 bridgehead atoms. The number of allylic oxidation sites excluding steroid dienone is 1. The molecular formula is C19H24O4. The quantitative estimate of drug-likeness (QED) is 0.432. The van der Waals surface area contributed by atoms with Crippen LogP contribution >= 0.6 is 0 Å². The molecular weight excluding hydrogens is 292 g/mol. The molecule has 1 aromatic carbocycles. The van der Waals surface area contributed by atoms with Crippen LogP contribution in [0.2, 0.25) is 0 Å². The van der Waals surface area contributed by atoms with Crippen LogP contribution in [0.3, 0.4) is 0 Å².